The highest BCUT2D eigenvalue weighted by Crippen LogP contribution is 2.26. The molecular formula is C20H24N4O2S. The zero-order valence-electron chi connectivity index (χ0n) is 16.0. The van der Waals surface area contributed by atoms with Gasteiger partial charge in [0, 0.05) is 28.8 Å². The Balaban J connectivity index is 1.71. The molecule has 0 spiro atoms. The lowest BCUT2D eigenvalue weighted by atomic mass is 10.0. The number of hydrogen-bond donors (Lipinski definition) is 2. The fourth-order valence-corrected chi connectivity index (χ4v) is 4.05. The minimum Gasteiger partial charge on any atom is -0.378 e. The van der Waals surface area contributed by atoms with Gasteiger partial charge < -0.3 is 10.1 Å². The molecule has 7 heteroatoms. The Morgan fingerprint density at radius 2 is 1.96 bits per heavy atom. The summed E-state index contributed by atoms with van der Waals surface area (Å²) in [4.78, 5) is 18.1. The van der Waals surface area contributed by atoms with Crippen LogP contribution in [0.4, 0.5) is 0 Å². The monoisotopic (exact) mass is 384 g/mol. The lowest BCUT2D eigenvalue weighted by molar-refractivity contribution is 0.0951. The minimum atomic E-state index is -0.0873. The molecule has 1 amide bonds. The van der Waals surface area contributed by atoms with Gasteiger partial charge >= 0.3 is 0 Å². The molecule has 0 radical (unpaired) electrons. The van der Waals surface area contributed by atoms with Gasteiger partial charge in [0.25, 0.3) is 5.91 Å². The average Bonchev–Trinajstić information content (AvgIpc) is 3.22. The number of aromatic nitrogens is 3. The molecule has 2 heterocycles. The molecule has 0 unspecified atom stereocenters. The molecular weight excluding hydrogens is 360 g/mol. The van der Waals surface area contributed by atoms with E-state index in [1.54, 1.807) is 18.4 Å². The summed E-state index contributed by atoms with van der Waals surface area (Å²) in [6.45, 7) is 6.99. The third kappa shape index (κ3) is 4.26. The first-order valence-electron chi connectivity index (χ1n) is 8.90. The van der Waals surface area contributed by atoms with E-state index in [0.29, 0.717) is 18.7 Å². The molecule has 0 fully saturated rings. The Hall–Kier alpha value is -2.51. The van der Waals surface area contributed by atoms with Gasteiger partial charge in [0.05, 0.1) is 29.5 Å². The van der Waals surface area contributed by atoms with Crippen LogP contribution in [0.2, 0.25) is 0 Å². The van der Waals surface area contributed by atoms with Crippen LogP contribution in [-0.4, -0.2) is 28.2 Å². The standard InChI is InChI=1S/C20H24N4O2S/c1-5-16-18(27-13(3)22-16)10-21-20(25)15-8-6-14(7-9-15)19-12(2)23-24-17(19)11-26-4/h6-9H,5,10-11H2,1-4H3,(H,21,25)(H,23,24). The minimum absolute atomic E-state index is 0.0873. The second-order valence-electron chi connectivity index (χ2n) is 6.32. The van der Waals surface area contributed by atoms with E-state index in [9.17, 15) is 4.79 Å². The van der Waals surface area contributed by atoms with Crippen molar-refractivity contribution < 1.29 is 9.53 Å². The maximum absolute atomic E-state index is 12.5. The second kappa shape index (κ2) is 8.45. The third-order valence-corrected chi connectivity index (χ3v) is 5.38. The van der Waals surface area contributed by atoms with Gasteiger partial charge in [-0.3, -0.25) is 9.89 Å². The van der Waals surface area contributed by atoms with E-state index in [4.69, 9.17) is 4.74 Å². The Labute approximate surface area is 163 Å². The molecule has 2 N–H and O–H groups in total. The number of nitrogens with one attached hydrogen (secondary N) is 2. The Kier molecular flexibility index (Phi) is 6.03. The molecule has 2 aromatic heterocycles. The van der Waals surface area contributed by atoms with Crippen molar-refractivity contribution in [3.63, 3.8) is 0 Å². The predicted octanol–water partition coefficient (Wildman–Crippen LogP) is 3.79. The fourth-order valence-electron chi connectivity index (χ4n) is 3.08. The number of rotatable bonds is 7. The molecule has 0 bridgehead atoms. The number of amides is 1. The van der Waals surface area contributed by atoms with Crippen LogP contribution in [0.15, 0.2) is 24.3 Å². The van der Waals surface area contributed by atoms with Crippen molar-refractivity contribution in [2.75, 3.05) is 7.11 Å². The first kappa shape index (κ1) is 19.3. The number of hydrogen-bond acceptors (Lipinski definition) is 5. The zero-order valence-corrected chi connectivity index (χ0v) is 16.9. The van der Waals surface area contributed by atoms with Gasteiger partial charge in [-0.25, -0.2) is 4.98 Å². The maximum Gasteiger partial charge on any atom is 0.251 e. The maximum atomic E-state index is 12.5. The van der Waals surface area contributed by atoms with E-state index in [2.05, 4.69) is 27.4 Å². The van der Waals surface area contributed by atoms with Crippen molar-refractivity contribution in [2.45, 2.75) is 40.3 Å². The number of carbonyl (C=O) groups excluding carboxylic acids is 1. The molecule has 3 aromatic rings. The second-order valence-corrected chi connectivity index (χ2v) is 7.61. The smallest absolute Gasteiger partial charge is 0.251 e. The van der Waals surface area contributed by atoms with E-state index in [1.165, 1.54) is 0 Å². The van der Waals surface area contributed by atoms with Gasteiger partial charge in [0.15, 0.2) is 0 Å². The van der Waals surface area contributed by atoms with Crippen LogP contribution in [0, 0.1) is 13.8 Å². The van der Waals surface area contributed by atoms with Crippen molar-refractivity contribution in [2.24, 2.45) is 0 Å². The molecule has 142 valence electrons. The number of aryl methyl sites for hydroxylation is 3. The lowest BCUT2D eigenvalue weighted by Gasteiger charge is -2.07. The van der Waals surface area contributed by atoms with E-state index in [1.807, 2.05) is 38.1 Å². The number of nitrogens with zero attached hydrogens (tertiary/aromatic N) is 2. The molecule has 0 saturated carbocycles. The summed E-state index contributed by atoms with van der Waals surface area (Å²) < 4.78 is 5.21. The molecule has 27 heavy (non-hydrogen) atoms. The molecule has 6 nitrogen and oxygen atoms in total. The van der Waals surface area contributed by atoms with E-state index in [0.717, 1.165) is 44.5 Å². The van der Waals surface area contributed by atoms with Crippen LogP contribution in [0.25, 0.3) is 11.1 Å². The van der Waals surface area contributed by atoms with Crippen molar-refractivity contribution >= 4 is 17.2 Å². The summed E-state index contributed by atoms with van der Waals surface area (Å²) in [7, 11) is 1.65. The van der Waals surface area contributed by atoms with Crippen molar-refractivity contribution in [1.29, 1.82) is 0 Å². The molecule has 0 saturated heterocycles. The SMILES string of the molecule is CCc1nc(C)sc1CNC(=O)c1ccc(-c2c(COC)n[nH]c2C)cc1. The number of H-pyrrole nitrogens is 1. The van der Waals surface area contributed by atoms with Crippen molar-refractivity contribution in [1.82, 2.24) is 20.5 Å². The number of thiazole rings is 1. The Morgan fingerprint density at radius 1 is 1.22 bits per heavy atom. The quantitative estimate of drug-likeness (QED) is 0.649. The molecule has 1 aromatic carbocycles. The molecule has 0 atom stereocenters. The van der Waals surface area contributed by atoms with E-state index >= 15 is 0 Å². The van der Waals surface area contributed by atoms with Gasteiger partial charge in [0.2, 0.25) is 0 Å². The first-order valence-corrected chi connectivity index (χ1v) is 9.71. The van der Waals surface area contributed by atoms with Gasteiger partial charge in [-0.05, 0) is 38.0 Å². The van der Waals surface area contributed by atoms with E-state index in [-0.39, 0.29) is 5.91 Å². The average molecular weight is 385 g/mol. The summed E-state index contributed by atoms with van der Waals surface area (Å²) in [5, 5.41) is 11.3. The number of carbonyl (C=O) groups is 1. The normalized spacial score (nSPS) is 11.0. The van der Waals surface area contributed by atoms with Crippen LogP contribution >= 0.6 is 11.3 Å². The third-order valence-electron chi connectivity index (χ3n) is 4.37. The van der Waals surface area contributed by atoms with Gasteiger partial charge in [0.1, 0.15) is 0 Å². The molecule has 0 aliphatic heterocycles. The molecule has 3 rings (SSSR count). The van der Waals surface area contributed by atoms with Crippen molar-refractivity contribution in [3.05, 3.63) is 56.8 Å². The Bertz CT molecular complexity index is 928. The van der Waals surface area contributed by atoms with Crippen LogP contribution in [0.1, 0.15) is 44.2 Å². The van der Waals surface area contributed by atoms with Crippen LogP contribution in [-0.2, 0) is 24.3 Å². The summed E-state index contributed by atoms with van der Waals surface area (Å²) >= 11 is 1.64. The molecule has 0 aliphatic carbocycles. The highest BCUT2D eigenvalue weighted by atomic mass is 32.1. The topological polar surface area (TPSA) is 79.9 Å². The van der Waals surface area contributed by atoms with Crippen molar-refractivity contribution in [3.8, 4) is 11.1 Å². The largest absolute Gasteiger partial charge is 0.378 e. The van der Waals surface area contributed by atoms with Gasteiger partial charge in [-0.1, -0.05) is 19.1 Å². The summed E-state index contributed by atoms with van der Waals surface area (Å²) in [5.74, 6) is -0.0873. The predicted molar refractivity (Wildman–Crippen MR) is 107 cm³/mol. The summed E-state index contributed by atoms with van der Waals surface area (Å²) in [5.41, 5.74) is 5.57. The van der Waals surface area contributed by atoms with Crippen LogP contribution in [0.5, 0.6) is 0 Å². The number of methoxy groups -OCH3 is 1. The molecule has 0 aliphatic rings. The highest BCUT2D eigenvalue weighted by Gasteiger charge is 2.14. The zero-order chi connectivity index (χ0) is 19.4. The van der Waals surface area contributed by atoms with Gasteiger partial charge in [-0.15, -0.1) is 11.3 Å². The Morgan fingerprint density at radius 3 is 2.63 bits per heavy atom. The number of aromatic amines is 1. The fraction of sp³-hybridized carbons (Fsp3) is 0.350. The van der Waals surface area contributed by atoms with Gasteiger partial charge in [-0.2, -0.15) is 5.10 Å². The highest BCUT2D eigenvalue weighted by molar-refractivity contribution is 7.11. The summed E-state index contributed by atoms with van der Waals surface area (Å²) in [6.07, 6.45) is 0.873. The van der Waals surface area contributed by atoms with E-state index < -0.39 is 0 Å². The number of ether oxygens (including phenoxy) is 1. The summed E-state index contributed by atoms with van der Waals surface area (Å²) in [6, 6.07) is 7.57. The first-order chi connectivity index (χ1) is 13.0. The number of benzene rings is 1. The van der Waals surface area contributed by atoms with Crippen LogP contribution < -0.4 is 5.32 Å². The lowest BCUT2D eigenvalue weighted by Crippen LogP contribution is -2.22. The van der Waals surface area contributed by atoms with Crippen LogP contribution in [0.3, 0.4) is 0 Å².